The number of hydrogen-bond donors (Lipinski definition) is 5. The Morgan fingerprint density at radius 3 is 2.40 bits per heavy atom. The van der Waals surface area contributed by atoms with E-state index >= 15 is 0 Å². The van der Waals surface area contributed by atoms with E-state index in [9.17, 15) is 25.5 Å². The van der Waals surface area contributed by atoms with Crippen molar-refractivity contribution >= 4 is 10.8 Å². The van der Waals surface area contributed by atoms with Crippen molar-refractivity contribution in [3.8, 4) is 11.5 Å². The van der Waals surface area contributed by atoms with E-state index in [-0.39, 0.29) is 5.75 Å². The van der Waals surface area contributed by atoms with Crippen LogP contribution < -0.4 is 4.74 Å². The fourth-order valence-corrected chi connectivity index (χ4v) is 3.07. The lowest BCUT2D eigenvalue weighted by Crippen LogP contribution is -2.60. The van der Waals surface area contributed by atoms with Crippen LogP contribution in [0.4, 0.5) is 0 Å². The van der Waals surface area contributed by atoms with Crippen molar-refractivity contribution < 1.29 is 35.0 Å². The van der Waals surface area contributed by atoms with Crippen LogP contribution in [0.3, 0.4) is 0 Å². The van der Waals surface area contributed by atoms with Crippen LogP contribution in [0, 0.1) is 13.8 Å². The van der Waals surface area contributed by atoms with Gasteiger partial charge in [-0.25, -0.2) is 0 Å². The molecule has 0 aliphatic carbocycles. The fourth-order valence-electron chi connectivity index (χ4n) is 3.07. The minimum Gasteiger partial charge on any atom is -0.507 e. The van der Waals surface area contributed by atoms with Gasteiger partial charge >= 0.3 is 0 Å². The first-order chi connectivity index (χ1) is 11.8. The van der Waals surface area contributed by atoms with Gasteiger partial charge < -0.3 is 35.0 Å². The number of phenolic OH excluding ortho intramolecular Hbond substituents is 1. The van der Waals surface area contributed by atoms with Crippen molar-refractivity contribution in [3.63, 3.8) is 0 Å². The molecule has 0 radical (unpaired) electrons. The molecule has 5 atom stereocenters. The van der Waals surface area contributed by atoms with E-state index in [0.717, 1.165) is 5.56 Å². The Morgan fingerprint density at radius 2 is 1.72 bits per heavy atom. The molecule has 1 aliphatic rings. The number of phenols is 1. The molecule has 7 heteroatoms. The monoisotopic (exact) mass is 350 g/mol. The molecule has 1 fully saturated rings. The summed E-state index contributed by atoms with van der Waals surface area (Å²) >= 11 is 0. The minimum atomic E-state index is -1.51. The van der Waals surface area contributed by atoms with Crippen LogP contribution in [0.1, 0.15) is 11.1 Å². The second-order valence-corrected chi connectivity index (χ2v) is 6.41. The number of benzene rings is 2. The van der Waals surface area contributed by atoms with E-state index < -0.39 is 37.3 Å². The van der Waals surface area contributed by atoms with E-state index in [1.165, 1.54) is 6.07 Å². The summed E-state index contributed by atoms with van der Waals surface area (Å²) in [5.74, 6) is 0.495. The third kappa shape index (κ3) is 3.17. The van der Waals surface area contributed by atoms with Gasteiger partial charge in [0.25, 0.3) is 0 Å². The molecule has 0 amide bonds. The number of aromatic hydroxyl groups is 1. The maximum atomic E-state index is 10.2. The molecular weight excluding hydrogens is 328 g/mol. The number of ether oxygens (including phenoxy) is 2. The average Bonchev–Trinajstić information content (AvgIpc) is 2.58. The summed E-state index contributed by atoms with van der Waals surface area (Å²) in [5, 5.41) is 50.6. The summed E-state index contributed by atoms with van der Waals surface area (Å²) in [6.45, 7) is 3.11. The fraction of sp³-hybridized carbons (Fsp3) is 0.444. The zero-order chi connectivity index (χ0) is 18.3. The Bertz CT molecular complexity index is 774. The number of aryl methyl sites for hydroxylation is 2. The Balaban J connectivity index is 2.01. The molecule has 2 aromatic carbocycles. The van der Waals surface area contributed by atoms with Gasteiger partial charge in [0, 0.05) is 10.8 Å². The van der Waals surface area contributed by atoms with Gasteiger partial charge in [0.05, 0.1) is 6.61 Å². The predicted molar refractivity (Wildman–Crippen MR) is 89.5 cm³/mol. The highest BCUT2D eigenvalue weighted by Gasteiger charge is 2.45. The smallest absolute Gasteiger partial charge is 0.229 e. The Morgan fingerprint density at radius 1 is 1.00 bits per heavy atom. The molecule has 1 heterocycles. The lowest BCUT2D eigenvalue weighted by molar-refractivity contribution is -0.277. The Labute approximate surface area is 144 Å². The topological polar surface area (TPSA) is 120 Å². The Kier molecular flexibility index (Phi) is 4.86. The second kappa shape index (κ2) is 6.78. The zero-order valence-corrected chi connectivity index (χ0v) is 14.0. The molecule has 3 rings (SSSR count). The lowest BCUT2D eigenvalue weighted by atomic mass is 9.99. The molecule has 1 saturated heterocycles. The third-order valence-corrected chi connectivity index (χ3v) is 4.49. The first kappa shape index (κ1) is 17.9. The van der Waals surface area contributed by atoms with Crippen LogP contribution in [0.5, 0.6) is 11.5 Å². The highest BCUT2D eigenvalue weighted by atomic mass is 16.7. The van der Waals surface area contributed by atoms with E-state index in [0.29, 0.717) is 22.1 Å². The van der Waals surface area contributed by atoms with E-state index in [1.54, 1.807) is 13.0 Å². The first-order valence-electron chi connectivity index (χ1n) is 8.03. The number of fused-ring (bicyclic) bond motifs is 1. The molecule has 25 heavy (non-hydrogen) atoms. The van der Waals surface area contributed by atoms with Gasteiger partial charge in [-0.1, -0.05) is 17.7 Å². The van der Waals surface area contributed by atoms with Gasteiger partial charge in [0.2, 0.25) is 6.29 Å². The molecule has 0 spiro atoms. The van der Waals surface area contributed by atoms with E-state index in [4.69, 9.17) is 9.47 Å². The van der Waals surface area contributed by atoms with Crippen molar-refractivity contribution in [3.05, 3.63) is 35.4 Å². The maximum Gasteiger partial charge on any atom is 0.229 e. The molecule has 7 nitrogen and oxygen atoms in total. The van der Waals surface area contributed by atoms with Crippen LogP contribution in [0.2, 0.25) is 0 Å². The van der Waals surface area contributed by atoms with Crippen LogP contribution in [-0.2, 0) is 4.74 Å². The molecular formula is C18H22O7. The summed E-state index contributed by atoms with van der Waals surface area (Å²) < 4.78 is 11.2. The largest absolute Gasteiger partial charge is 0.507 e. The predicted octanol–water partition coefficient (Wildman–Crippen LogP) is 0.341. The van der Waals surface area contributed by atoms with Crippen molar-refractivity contribution in [2.75, 3.05) is 6.61 Å². The van der Waals surface area contributed by atoms with Gasteiger partial charge in [-0.2, -0.15) is 0 Å². The van der Waals surface area contributed by atoms with Gasteiger partial charge in [0.15, 0.2) is 0 Å². The number of aliphatic hydroxyl groups is 4. The number of aliphatic hydroxyl groups excluding tert-OH is 4. The molecule has 1 aliphatic heterocycles. The Hall–Kier alpha value is -1.90. The summed E-state index contributed by atoms with van der Waals surface area (Å²) in [4.78, 5) is 0. The number of rotatable bonds is 3. The molecule has 5 N–H and O–H groups in total. The SMILES string of the molecule is Cc1ccc2c(O)cc(C)c(O[C@@H]3O[C@H](CO)[C@@H](O)[C@H](O)[C@H]3O)c2c1. The second-order valence-electron chi connectivity index (χ2n) is 6.41. The molecule has 136 valence electrons. The van der Waals surface area contributed by atoms with Gasteiger partial charge in [-0.05, 0) is 31.5 Å². The van der Waals surface area contributed by atoms with Crippen LogP contribution >= 0.6 is 0 Å². The van der Waals surface area contributed by atoms with Gasteiger partial charge in [-0.15, -0.1) is 0 Å². The minimum absolute atomic E-state index is 0.105. The summed E-state index contributed by atoms with van der Waals surface area (Å²) in [6, 6.07) is 6.99. The molecule has 2 aromatic rings. The summed E-state index contributed by atoms with van der Waals surface area (Å²) in [5.41, 5.74) is 1.57. The third-order valence-electron chi connectivity index (χ3n) is 4.49. The van der Waals surface area contributed by atoms with Crippen molar-refractivity contribution in [1.82, 2.24) is 0 Å². The van der Waals surface area contributed by atoms with Gasteiger partial charge in [0.1, 0.15) is 35.9 Å². The molecule has 0 unspecified atom stereocenters. The highest BCUT2D eigenvalue weighted by Crippen LogP contribution is 2.38. The quantitative estimate of drug-likeness (QED) is 0.541. The molecule has 0 aromatic heterocycles. The normalized spacial score (nSPS) is 29.8. The average molecular weight is 350 g/mol. The van der Waals surface area contributed by atoms with Crippen LogP contribution in [0.25, 0.3) is 10.8 Å². The van der Waals surface area contributed by atoms with Gasteiger partial charge in [-0.3, -0.25) is 0 Å². The zero-order valence-electron chi connectivity index (χ0n) is 14.0. The van der Waals surface area contributed by atoms with Crippen LogP contribution in [0.15, 0.2) is 24.3 Å². The van der Waals surface area contributed by atoms with Crippen molar-refractivity contribution in [2.45, 2.75) is 44.6 Å². The standard InChI is InChI=1S/C18H22O7/c1-8-3-4-10-11(5-8)17(9(2)6-12(10)20)25-18-16(23)15(22)14(21)13(7-19)24-18/h3-6,13-16,18-23H,7H2,1-2H3/t13-,14-,15+,16-,18+/m1/s1. The van der Waals surface area contributed by atoms with Crippen LogP contribution in [-0.4, -0.2) is 62.8 Å². The van der Waals surface area contributed by atoms with Crippen molar-refractivity contribution in [1.29, 1.82) is 0 Å². The lowest BCUT2D eigenvalue weighted by Gasteiger charge is -2.39. The van der Waals surface area contributed by atoms with E-state index in [1.807, 2.05) is 19.1 Å². The summed E-state index contributed by atoms with van der Waals surface area (Å²) in [7, 11) is 0. The molecule has 0 saturated carbocycles. The molecule has 0 bridgehead atoms. The maximum absolute atomic E-state index is 10.2. The van der Waals surface area contributed by atoms with E-state index in [2.05, 4.69) is 0 Å². The highest BCUT2D eigenvalue weighted by molar-refractivity contribution is 5.94. The summed E-state index contributed by atoms with van der Waals surface area (Å²) in [6.07, 6.45) is -6.77. The number of hydrogen-bond acceptors (Lipinski definition) is 7. The van der Waals surface area contributed by atoms with Crippen molar-refractivity contribution in [2.24, 2.45) is 0 Å². The first-order valence-corrected chi connectivity index (χ1v) is 8.03.